The molecule has 2 N–H and O–H groups in total. The van der Waals surface area contributed by atoms with Crippen LogP contribution in [-0.2, 0) is 4.79 Å². The Morgan fingerprint density at radius 3 is 3.16 bits per heavy atom. The fourth-order valence-electron chi connectivity index (χ4n) is 2.77. The van der Waals surface area contributed by atoms with Gasteiger partial charge in [0.2, 0.25) is 5.91 Å². The summed E-state index contributed by atoms with van der Waals surface area (Å²) in [5.41, 5.74) is 2.14. The van der Waals surface area contributed by atoms with E-state index in [2.05, 4.69) is 15.2 Å². The van der Waals surface area contributed by atoms with Gasteiger partial charge in [-0.1, -0.05) is 11.6 Å². The second-order valence-corrected chi connectivity index (χ2v) is 5.35. The Morgan fingerprint density at radius 1 is 1.53 bits per heavy atom. The van der Waals surface area contributed by atoms with Gasteiger partial charge in [-0.3, -0.25) is 4.79 Å². The molecular formula is C14H16ClN3O. The molecule has 0 saturated carbocycles. The molecule has 0 bridgehead atoms. The van der Waals surface area contributed by atoms with Gasteiger partial charge in [0.15, 0.2) is 0 Å². The molecule has 3 rings (SSSR count). The summed E-state index contributed by atoms with van der Waals surface area (Å²) in [5, 5.41) is 4.60. The molecule has 5 heteroatoms. The first-order valence-electron chi connectivity index (χ1n) is 6.42. The molecule has 2 heterocycles. The molecule has 0 spiro atoms. The van der Waals surface area contributed by atoms with Crippen molar-refractivity contribution in [1.29, 1.82) is 0 Å². The Kier molecular flexibility index (Phi) is 3.11. The smallest absolute Gasteiger partial charge is 0.224 e. The number of halogens is 1. The van der Waals surface area contributed by atoms with Crippen molar-refractivity contribution in [2.45, 2.75) is 6.42 Å². The van der Waals surface area contributed by atoms with E-state index in [9.17, 15) is 4.79 Å². The van der Waals surface area contributed by atoms with Crippen LogP contribution in [0.2, 0.25) is 5.02 Å². The van der Waals surface area contributed by atoms with Gasteiger partial charge in [0.25, 0.3) is 0 Å². The van der Waals surface area contributed by atoms with Gasteiger partial charge >= 0.3 is 0 Å². The van der Waals surface area contributed by atoms with Crippen LogP contribution in [0.15, 0.2) is 24.4 Å². The Morgan fingerprint density at radius 2 is 2.37 bits per heavy atom. The summed E-state index contributed by atoms with van der Waals surface area (Å²) in [6, 6.07) is 5.95. The first kappa shape index (κ1) is 12.4. The number of hydrogen-bond donors (Lipinski definition) is 2. The average Bonchev–Trinajstić information content (AvgIpc) is 3.05. The molecular weight excluding hydrogens is 262 g/mol. The molecule has 100 valence electrons. The molecule has 2 aromatic rings. The van der Waals surface area contributed by atoms with Crippen LogP contribution in [0.5, 0.6) is 0 Å². The number of aromatic nitrogens is 1. The highest BCUT2D eigenvalue weighted by atomic mass is 35.5. The van der Waals surface area contributed by atoms with E-state index in [1.165, 1.54) is 0 Å². The normalized spacial score (nSPS) is 19.1. The van der Waals surface area contributed by atoms with Crippen molar-refractivity contribution in [1.82, 2.24) is 10.3 Å². The third-order valence-electron chi connectivity index (χ3n) is 3.76. The van der Waals surface area contributed by atoms with E-state index in [0.717, 1.165) is 36.1 Å². The number of carbonyl (C=O) groups excluding carboxylic acids is 1. The van der Waals surface area contributed by atoms with E-state index in [-0.39, 0.29) is 11.8 Å². The zero-order chi connectivity index (χ0) is 13.4. The first-order chi connectivity index (χ1) is 9.19. The van der Waals surface area contributed by atoms with E-state index >= 15 is 0 Å². The van der Waals surface area contributed by atoms with Crippen molar-refractivity contribution in [3.8, 4) is 0 Å². The van der Waals surface area contributed by atoms with Crippen molar-refractivity contribution >= 4 is 34.1 Å². The Bertz CT molecular complexity index is 622. The summed E-state index contributed by atoms with van der Waals surface area (Å²) in [6.07, 6.45) is 2.80. The monoisotopic (exact) mass is 277 g/mol. The van der Waals surface area contributed by atoms with Crippen molar-refractivity contribution in [2.75, 3.05) is 25.0 Å². The number of anilines is 1. The van der Waals surface area contributed by atoms with Crippen molar-refractivity contribution in [3.05, 3.63) is 29.4 Å². The molecule has 1 fully saturated rings. The lowest BCUT2D eigenvalue weighted by Crippen LogP contribution is -2.30. The highest BCUT2D eigenvalue weighted by molar-refractivity contribution is 6.31. The fourth-order valence-corrected chi connectivity index (χ4v) is 2.98. The van der Waals surface area contributed by atoms with Crippen molar-refractivity contribution in [3.63, 3.8) is 0 Å². The number of carbonyl (C=O) groups is 1. The maximum atomic E-state index is 11.7. The van der Waals surface area contributed by atoms with Gasteiger partial charge in [0, 0.05) is 47.9 Å². The Balaban J connectivity index is 1.93. The number of hydrogen-bond acceptors (Lipinski definition) is 2. The van der Waals surface area contributed by atoms with E-state index in [4.69, 9.17) is 11.6 Å². The molecule has 1 unspecified atom stereocenters. The maximum Gasteiger partial charge on any atom is 0.224 e. The highest BCUT2D eigenvalue weighted by Crippen LogP contribution is 2.33. The number of nitrogens with one attached hydrogen (secondary N) is 2. The average molecular weight is 278 g/mol. The number of aromatic amines is 1. The minimum absolute atomic E-state index is 0.0676. The summed E-state index contributed by atoms with van der Waals surface area (Å²) in [6.45, 7) is 1.64. The maximum absolute atomic E-state index is 11.7. The van der Waals surface area contributed by atoms with Gasteiger partial charge in [-0.2, -0.15) is 0 Å². The van der Waals surface area contributed by atoms with Crippen molar-refractivity contribution < 1.29 is 4.79 Å². The number of rotatable bonds is 2. The lowest BCUT2D eigenvalue weighted by molar-refractivity contribution is -0.123. The van der Waals surface area contributed by atoms with E-state index < -0.39 is 0 Å². The predicted octanol–water partition coefficient (Wildman–Crippen LogP) is 2.39. The third kappa shape index (κ3) is 2.16. The zero-order valence-electron chi connectivity index (χ0n) is 10.7. The van der Waals surface area contributed by atoms with E-state index in [1.807, 2.05) is 24.4 Å². The summed E-state index contributed by atoms with van der Waals surface area (Å²) in [7, 11) is 1.69. The number of fused-ring (bicyclic) bond motifs is 1. The predicted molar refractivity (Wildman–Crippen MR) is 77.7 cm³/mol. The van der Waals surface area contributed by atoms with Crippen LogP contribution in [-0.4, -0.2) is 31.0 Å². The van der Waals surface area contributed by atoms with E-state index in [0.29, 0.717) is 5.02 Å². The molecule has 1 saturated heterocycles. The number of amides is 1. The minimum atomic E-state index is 0.0676. The van der Waals surface area contributed by atoms with Crippen LogP contribution >= 0.6 is 11.6 Å². The molecule has 19 heavy (non-hydrogen) atoms. The van der Waals surface area contributed by atoms with Gasteiger partial charge in [0.05, 0.1) is 5.92 Å². The molecule has 1 aliphatic rings. The van der Waals surface area contributed by atoms with Crippen LogP contribution in [0.25, 0.3) is 10.9 Å². The van der Waals surface area contributed by atoms with Gasteiger partial charge in [0.1, 0.15) is 0 Å². The molecule has 4 nitrogen and oxygen atoms in total. The standard InChI is InChI=1S/C14H16ClN3O/c1-16-14(19)9-3-5-18(8-9)13-7-10(15)6-12-11(13)2-4-17-12/h2,4,6-7,9,17H,3,5,8H2,1H3,(H,16,19). The topological polar surface area (TPSA) is 48.1 Å². The number of benzene rings is 1. The zero-order valence-corrected chi connectivity index (χ0v) is 11.5. The van der Waals surface area contributed by atoms with Crippen LogP contribution < -0.4 is 10.2 Å². The second-order valence-electron chi connectivity index (χ2n) is 4.91. The summed E-state index contributed by atoms with van der Waals surface area (Å²) >= 11 is 6.16. The van der Waals surface area contributed by atoms with Crippen LogP contribution in [0.4, 0.5) is 5.69 Å². The summed E-state index contributed by atoms with van der Waals surface area (Å²) < 4.78 is 0. The SMILES string of the molecule is CNC(=O)C1CCN(c2cc(Cl)cc3[nH]ccc23)C1. The first-order valence-corrected chi connectivity index (χ1v) is 6.80. The van der Waals surface area contributed by atoms with Gasteiger partial charge in [-0.05, 0) is 24.6 Å². The lowest BCUT2D eigenvalue weighted by Gasteiger charge is -2.20. The van der Waals surface area contributed by atoms with Crippen LogP contribution in [0.1, 0.15) is 6.42 Å². The molecule has 1 aromatic heterocycles. The Labute approximate surface area is 116 Å². The molecule has 1 aromatic carbocycles. The lowest BCUT2D eigenvalue weighted by atomic mass is 10.1. The van der Waals surface area contributed by atoms with E-state index in [1.54, 1.807) is 7.05 Å². The molecule has 1 amide bonds. The number of H-pyrrole nitrogens is 1. The van der Waals surface area contributed by atoms with Gasteiger partial charge in [-0.25, -0.2) is 0 Å². The van der Waals surface area contributed by atoms with Crippen LogP contribution in [0.3, 0.4) is 0 Å². The summed E-state index contributed by atoms with van der Waals surface area (Å²) in [5.74, 6) is 0.188. The summed E-state index contributed by atoms with van der Waals surface area (Å²) in [4.78, 5) is 17.1. The fraction of sp³-hybridized carbons (Fsp3) is 0.357. The third-order valence-corrected chi connectivity index (χ3v) is 3.98. The largest absolute Gasteiger partial charge is 0.370 e. The minimum Gasteiger partial charge on any atom is -0.370 e. The van der Waals surface area contributed by atoms with Gasteiger partial charge in [-0.15, -0.1) is 0 Å². The quantitative estimate of drug-likeness (QED) is 0.885. The van der Waals surface area contributed by atoms with Gasteiger partial charge < -0.3 is 15.2 Å². The molecule has 0 radical (unpaired) electrons. The van der Waals surface area contributed by atoms with Crippen LogP contribution in [0, 0.1) is 5.92 Å². The molecule has 0 aliphatic carbocycles. The number of nitrogens with zero attached hydrogens (tertiary/aromatic N) is 1. The molecule has 1 aliphatic heterocycles. The Hall–Kier alpha value is -1.68. The van der Waals surface area contributed by atoms with Crippen molar-refractivity contribution in [2.24, 2.45) is 5.92 Å². The highest BCUT2D eigenvalue weighted by Gasteiger charge is 2.28. The molecule has 1 atom stereocenters. The second kappa shape index (κ2) is 4.78.